The van der Waals surface area contributed by atoms with E-state index in [0.717, 1.165) is 6.54 Å². The van der Waals surface area contributed by atoms with Gasteiger partial charge in [0, 0.05) is 18.4 Å². The molecular formula is C12H19N3. The van der Waals surface area contributed by atoms with E-state index in [-0.39, 0.29) is 0 Å². The lowest BCUT2D eigenvalue weighted by molar-refractivity contribution is 0.274. The second-order valence-corrected chi connectivity index (χ2v) is 4.32. The maximum atomic E-state index is 4.21. The first-order valence-corrected chi connectivity index (χ1v) is 5.57. The van der Waals surface area contributed by atoms with Crippen molar-refractivity contribution in [3.05, 3.63) is 30.1 Å². The fourth-order valence-corrected chi connectivity index (χ4v) is 2.58. The van der Waals surface area contributed by atoms with Crippen molar-refractivity contribution in [2.75, 3.05) is 27.2 Å². The van der Waals surface area contributed by atoms with Gasteiger partial charge in [0.2, 0.25) is 0 Å². The highest BCUT2D eigenvalue weighted by atomic mass is 15.2. The molecule has 1 fully saturated rings. The first kappa shape index (κ1) is 10.6. The van der Waals surface area contributed by atoms with Gasteiger partial charge in [-0.25, -0.2) is 0 Å². The third-order valence-electron chi connectivity index (χ3n) is 3.27. The van der Waals surface area contributed by atoms with Crippen LogP contribution in [0.4, 0.5) is 0 Å². The Morgan fingerprint density at radius 2 is 2.47 bits per heavy atom. The number of nitrogens with zero attached hydrogens (tertiary/aromatic N) is 2. The first-order chi connectivity index (χ1) is 7.33. The van der Waals surface area contributed by atoms with Gasteiger partial charge in [0.05, 0.1) is 0 Å². The standard InChI is InChI=1S/C12H19N3/c1-13-8-11-5-7-15(2)12(11)10-4-3-6-14-9-10/h3-4,6,9,11-13H,5,7-8H2,1-2H3/t11-,12+/m1/s1. The van der Waals surface area contributed by atoms with Crippen LogP contribution < -0.4 is 5.32 Å². The summed E-state index contributed by atoms with van der Waals surface area (Å²) in [7, 11) is 4.23. The van der Waals surface area contributed by atoms with Crippen LogP contribution in [-0.2, 0) is 0 Å². The van der Waals surface area contributed by atoms with Gasteiger partial charge in [-0.2, -0.15) is 0 Å². The quantitative estimate of drug-likeness (QED) is 0.806. The van der Waals surface area contributed by atoms with Gasteiger partial charge in [0.15, 0.2) is 0 Å². The zero-order valence-corrected chi connectivity index (χ0v) is 9.48. The summed E-state index contributed by atoms with van der Waals surface area (Å²) in [5.41, 5.74) is 1.35. The van der Waals surface area contributed by atoms with E-state index in [1.165, 1.54) is 18.5 Å². The molecule has 1 aromatic heterocycles. The van der Waals surface area contributed by atoms with E-state index >= 15 is 0 Å². The van der Waals surface area contributed by atoms with E-state index in [1.54, 1.807) is 0 Å². The molecular weight excluding hydrogens is 186 g/mol. The molecule has 1 N–H and O–H groups in total. The molecule has 2 heterocycles. The van der Waals surface area contributed by atoms with Gasteiger partial charge in [0.1, 0.15) is 0 Å². The number of likely N-dealkylation sites (tertiary alicyclic amines) is 1. The Morgan fingerprint density at radius 1 is 1.60 bits per heavy atom. The summed E-state index contributed by atoms with van der Waals surface area (Å²) in [5.74, 6) is 0.712. The summed E-state index contributed by atoms with van der Waals surface area (Å²) in [4.78, 5) is 6.64. The van der Waals surface area contributed by atoms with E-state index in [0.29, 0.717) is 12.0 Å². The topological polar surface area (TPSA) is 28.2 Å². The molecule has 0 radical (unpaired) electrons. The minimum Gasteiger partial charge on any atom is -0.319 e. The Kier molecular flexibility index (Phi) is 3.34. The highest BCUT2D eigenvalue weighted by molar-refractivity contribution is 5.16. The fourth-order valence-electron chi connectivity index (χ4n) is 2.58. The summed E-state index contributed by atoms with van der Waals surface area (Å²) < 4.78 is 0. The Labute approximate surface area is 91.5 Å². The molecule has 1 aliphatic heterocycles. The summed E-state index contributed by atoms with van der Waals surface area (Å²) >= 11 is 0. The Balaban J connectivity index is 2.17. The van der Waals surface area contributed by atoms with Crippen LogP contribution in [0.5, 0.6) is 0 Å². The average Bonchev–Trinajstić information content (AvgIpc) is 2.62. The van der Waals surface area contributed by atoms with Crippen LogP contribution in [0.15, 0.2) is 24.5 Å². The smallest absolute Gasteiger partial charge is 0.0401 e. The van der Waals surface area contributed by atoms with Crippen molar-refractivity contribution in [3.63, 3.8) is 0 Å². The zero-order chi connectivity index (χ0) is 10.7. The molecule has 0 unspecified atom stereocenters. The van der Waals surface area contributed by atoms with Crippen LogP contribution in [0.25, 0.3) is 0 Å². The molecule has 0 aromatic carbocycles. The van der Waals surface area contributed by atoms with Gasteiger partial charge in [0.25, 0.3) is 0 Å². The molecule has 1 saturated heterocycles. The van der Waals surface area contributed by atoms with Gasteiger partial charge >= 0.3 is 0 Å². The van der Waals surface area contributed by atoms with E-state index in [1.807, 2.05) is 25.5 Å². The third kappa shape index (κ3) is 2.19. The largest absolute Gasteiger partial charge is 0.319 e. The Bertz CT molecular complexity index is 297. The minimum absolute atomic E-state index is 0.533. The van der Waals surface area contributed by atoms with Crippen LogP contribution in [0.3, 0.4) is 0 Å². The molecule has 2 rings (SSSR count). The van der Waals surface area contributed by atoms with Crippen molar-refractivity contribution in [1.29, 1.82) is 0 Å². The Hall–Kier alpha value is -0.930. The van der Waals surface area contributed by atoms with E-state index < -0.39 is 0 Å². The average molecular weight is 205 g/mol. The number of pyridine rings is 1. The number of aromatic nitrogens is 1. The highest BCUT2D eigenvalue weighted by Gasteiger charge is 2.32. The second kappa shape index (κ2) is 4.73. The number of rotatable bonds is 3. The number of hydrogen-bond acceptors (Lipinski definition) is 3. The second-order valence-electron chi connectivity index (χ2n) is 4.32. The van der Waals surface area contributed by atoms with Crippen LogP contribution >= 0.6 is 0 Å². The van der Waals surface area contributed by atoms with E-state index in [2.05, 4.69) is 28.3 Å². The highest BCUT2D eigenvalue weighted by Crippen LogP contribution is 2.34. The van der Waals surface area contributed by atoms with E-state index in [4.69, 9.17) is 0 Å². The molecule has 1 aliphatic rings. The molecule has 0 spiro atoms. The summed E-state index contributed by atoms with van der Waals surface area (Å²) in [6.07, 6.45) is 5.11. The summed E-state index contributed by atoms with van der Waals surface area (Å²) in [6, 6.07) is 4.74. The molecule has 15 heavy (non-hydrogen) atoms. The van der Waals surface area contributed by atoms with Crippen molar-refractivity contribution < 1.29 is 0 Å². The van der Waals surface area contributed by atoms with Crippen LogP contribution in [0, 0.1) is 5.92 Å². The third-order valence-corrected chi connectivity index (χ3v) is 3.27. The minimum atomic E-state index is 0.533. The maximum Gasteiger partial charge on any atom is 0.0401 e. The van der Waals surface area contributed by atoms with Gasteiger partial charge in [-0.3, -0.25) is 9.88 Å². The van der Waals surface area contributed by atoms with Crippen LogP contribution in [-0.4, -0.2) is 37.1 Å². The molecule has 0 saturated carbocycles. The Morgan fingerprint density at radius 3 is 3.13 bits per heavy atom. The van der Waals surface area contributed by atoms with Gasteiger partial charge in [-0.15, -0.1) is 0 Å². The molecule has 0 aliphatic carbocycles. The zero-order valence-electron chi connectivity index (χ0n) is 9.48. The molecule has 82 valence electrons. The van der Waals surface area contributed by atoms with Crippen LogP contribution in [0.2, 0.25) is 0 Å². The van der Waals surface area contributed by atoms with Crippen LogP contribution in [0.1, 0.15) is 18.0 Å². The van der Waals surface area contributed by atoms with Crippen molar-refractivity contribution in [1.82, 2.24) is 15.2 Å². The summed E-state index contributed by atoms with van der Waals surface area (Å²) in [6.45, 7) is 2.27. The lowest BCUT2D eigenvalue weighted by Gasteiger charge is -2.25. The molecule has 3 nitrogen and oxygen atoms in total. The fraction of sp³-hybridized carbons (Fsp3) is 0.583. The molecule has 0 amide bonds. The van der Waals surface area contributed by atoms with E-state index in [9.17, 15) is 0 Å². The van der Waals surface area contributed by atoms with Gasteiger partial charge in [-0.1, -0.05) is 6.07 Å². The van der Waals surface area contributed by atoms with Crippen molar-refractivity contribution >= 4 is 0 Å². The van der Waals surface area contributed by atoms with Gasteiger partial charge < -0.3 is 5.32 Å². The number of hydrogen-bond donors (Lipinski definition) is 1. The van der Waals surface area contributed by atoms with Gasteiger partial charge in [-0.05, 0) is 51.2 Å². The van der Waals surface area contributed by atoms with Crippen molar-refractivity contribution in [2.24, 2.45) is 5.92 Å². The SMILES string of the molecule is CNC[C@H]1CCN(C)[C@H]1c1cccnc1. The predicted octanol–water partition coefficient (Wildman–Crippen LogP) is 1.29. The molecule has 0 bridgehead atoms. The normalized spacial score (nSPS) is 27.1. The maximum absolute atomic E-state index is 4.21. The monoisotopic (exact) mass is 205 g/mol. The first-order valence-electron chi connectivity index (χ1n) is 5.57. The summed E-state index contributed by atoms with van der Waals surface area (Å²) in [5, 5.41) is 3.28. The molecule has 3 heteroatoms. The lowest BCUT2D eigenvalue weighted by Crippen LogP contribution is -2.26. The van der Waals surface area contributed by atoms with Crippen molar-refractivity contribution in [2.45, 2.75) is 12.5 Å². The predicted molar refractivity (Wildman–Crippen MR) is 61.6 cm³/mol. The molecule has 2 atom stereocenters. The number of nitrogens with one attached hydrogen (secondary N) is 1. The van der Waals surface area contributed by atoms with Crippen molar-refractivity contribution in [3.8, 4) is 0 Å². The molecule has 1 aromatic rings. The lowest BCUT2D eigenvalue weighted by atomic mass is 9.95.